The van der Waals surface area contributed by atoms with Gasteiger partial charge in [0.15, 0.2) is 0 Å². The lowest BCUT2D eigenvalue weighted by atomic mass is 10.0. The molecule has 2 unspecified atom stereocenters. The number of carbonyl (C=O) groups excluding carboxylic acids is 1. The highest BCUT2D eigenvalue weighted by Crippen LogP contribution is 2.37. The van der Waals surface area contributed by atoms with Crippen LogP contribution in [0.25, 0.3) is 11.0 Å². The Morgan fingerprint density at radius 1 is 1.42 bits per heavy atom. The average molecular weight is 423 g/mol. The van der Waals surface area contributed by atoms with Crippen LogP contribution in [0.15, 0.2) is 30.5 Å². The quantitative estimate of drug-likeness (QED) is 0.578. The zero-order chi connectivity index (χ0) is 21.6. The lowest BCUT2D eigenvalue weighted by molar-refractivity contribution is -0.0519. The Kier molecular flexibility index (Phi) is 4.79. The molecule has 2 fully saturated rings. The molecule has 2 aliphatic rings. The number of aromatic amines is 1. The van der Waals surface area contributed by atoms with E-state index in [0.717, 1.165) is 29.6 Å². The lowest BCUT2D eigenvalue weighted by Crippen LogP contribution is -2.30. The van der Waals surface area contributed by atoms with Crippen molar-refractivity contribution in [3.63, 3.8) is 0 Å². The maximum absolute atomic E-state index is 12.9. The second kappa shape index (κ2) is 7.51. The molecule has 1 aromatic carbocycles. The molecule has 162 valence electrons. The number of anilines is 2. The number of hydrogen-bond acceptors (Lipinski definition) is 7. The van der Waals surface area contributed by atoms with Gasteiger partial charge in [-0.3, -0.25) is 10.1 Å². The van der Waals surface area contributed by atoms with E-state index >= 15 is 0 Å². The van der Waals surface area contributed by atoms with Gasteiger partial charge in [-0.05, 0) is 31.5 Å². The van der Waals surface area contributed by atoms with Gasteiger partial charge in [-0.1, -0.05) is 6.07 Å². The normalized spacial score (nSPS) is 23.1. The summed E-state index contributed by atoms with van der Waals surface area (Å²) < 4.78 is 11.1. The zero-order valence-corrected chi connectivity index (χ0v) is 17.5. The van der Waals surface area contributed by atoms with Gasteiger partial charge in [0, 0.05) is 36.8 Å². The molecule has 2 aliphatic heterocycles. The first-order chi connectivity index (χ1) is 14.9. The molecule has 9 heteroatoms. The molecule has 9 nitrogen and oxygen atoms in total. The fourth-order valence-corrected chi connectivity index (χ4v) is 4.11. The van der Waals surface area contributed by atoms with E-state index in [1.165, 1.54) is 0 Å². The summed E-state index contributed by atoms with van der Waals surface area (Å²) in [5.41, 5.74) is 2.15. The van der Waals surface area contributed by atoms with Crippen molar-refractivity contribution in [2.45, 2.75) is 31.5 Å². The van der Waals surface area contributed by atoms with E-state index in [-0.39, 0.29) is 12.0 Å². The Morgan fingerprint density at radius 2 is 2.26 bits per heavy atom. The number of ether oxygens (including phenoxy) is 2. The van der Waals surface area contributed by atoms with E-state index in [0.29, 0.717) is 42.6 Å². The van der Waals surface area contributed by atoms with Gasteiger partial charge in [-0.2, -0.15) is 0 Å². The van der Waals surface area contributed by atoms with Gasteiger partial charge in [0.1, 0.15) is 22.6 Å². The average Bonchev–Trinajstić information content (AvgIpc) is 3.30. The van der Waals surface area contributed by atoms with Crippen molar-refractivity contribution in [1.29, 1.82) is 0 Å². The highest BCUT2D eigenvalue weighted by atomic mass is 16.5. The summed E-state index contributed by atoms with van der Waals surface area (Å²) in [6, 6.07) is 7.22. The van der Waals surface area contributed by atoms with Crippen LogP contribution in [0.3, 0.4) is 0 Å². The van der Waals surface area contributed by atoms with Crippen molar-refractivity contribution in [3.8, 4) is 5.75 Å². The predicted octanol–water partition coefficient (Wildman–Crippen LogP) is 2.64. The molecule has 0 spiro atoms. The molecule has 1 amide bonds. The fraction of sp³-hybridized carbons (Fsp3) is 0.409. The van der Waals surface area contributed by atoms with Crippen molar-refractivity contribution in [2.24, 2.45) is 0 Å². The van der Waals surface area contributed by atoms with Crippen LogP contribution in [-0.4, -0.2) is 58.4 Å². The SMILES string of the molecule is COc1ccc(C2CCO2)c2nc(NC(=O)c3ccnc(N4CCC(C)(O)C4)c3)[nH]c12. The molecule has 3 aromatic rings. The standard InChI is InChI=1S/C22H25N5O4/c1-22(29)7-9-27(12-22)17-11-13(5-8-23-17)20(28)26-21-24-18-14(15-6-10-31-15)3-4-16(30-2)19(18)25-21/h3-5,8,11,15,29H,6-7,9-10,12H2,1-2H3,(H2,24,25,26,28). The van der Waals surface area contributed by atoms with Crippen LogP contribution in [0.4, 0.5) is 11.8 Å². The monoisotopic (exact) mass is 423 g/mol. The summed E-state index contributed by atoms with van der Waals surface area (Å²) in [4.78, 5) is 27.0. The Balaban J connectivity index is 1.40. The van der Waals surface area contributed by atoms with Crippen LogP contribution in [0, 0.1) is 0 Å². The Morgan fingerprint density at radius 3 is 2.94 bits per heavy atom. The summed E-state index contributed by atoms with van der Waals surface area (Å²) in [6.45, 7) is 3.73. The molecule has 0 saturated carbocycles. The highest BCUT2D eigenvalue weighted by molar-refractivity contribution is 6.04. The van der Waals surface area contributed by atoms with Crippen LogP contribution >= 0.6 is 0 Å². The zero-order valence-electron chi connectivity index (χ0n) is 17.5. The molecule has 2 saturated heterocycles. The third-order valence-corrected chi connectivity index (χ3v) is 5.92. The second-order valence-electron chi connectivity index (χ2n) is 8.34. The number of carbonyl (C=O) groups is 1. The van der Waals surface area contributed by atoms with Crippen LogP contribution < -0.4 is 15.0 Å². The molecule has 5 rings (SSSR count). The Bertz CT molecular complexity index is 1140. The minimum atomic E-state index is -0.741. The molecule has 2 atom stereocenters. The first kappa shape index (κ1) is 19.8. The number of pyridine rings is 1. The lowest BCUT2D eigenvalue weighted by Gasteiger charge is -2.27. The molecular weight excluding hydrogens is 398 g/mol. The number of amides is 1. The number of rotatable bonds is 5. The number of benzene rings is 1. The van der Waals surface area contributed by atoms with Crippen LogP contribution in [-0.2, 0) is 4.74 Å². The van der Waals surface area contributed by atoms with Gasteiger partial charge in [0.05, 0.1) is 25.4 Å². The van der Waals surface area contributed by atoms with Crippen molar-refractivity contribution in [1.82, 2.24) is 15.0 Å². The minimum Gasteiger partial charge on any atom is -0.494 e. The molecule has 0 bridgehead atoms. The van der Waals surface area contributed by atoms with Gasteiger partial charge < -0.3 is 24.5 Å². The Labute approximate surface area is 179 Å². The summed E-state index contributed by atoms with van der Waals surface area (Å²) in [5.74, 6) is 1.36. The fourth-order valence-electron chi connectivity index (χ4n) is 4.11. The largest absolute Gasteiger partial charge is 0.494 e. The minimum absolute atomic E-state index is 0.0145. The van der Waals surface area contributed by atoms with E-state index in [2.05, 4.69) is 20.3 Å². The van der Waals surface area contributed by atoms with E-state index < -0.39 is 5.60 Å². The summed E-state index contributed by atoms with van der Waals surface area (Å²) in [7, 11) is 1.60. The van der Waals surface area contributed by atoms with Crippen molar-refractivity contribution < 1.29 is 19.4 Å². The van der Waals surface area contributed by atoms with Gasteiger partial charge in [-0.15, -0.1) is 0 Å². The first-order valence-corrected chi connectivity index (χ1v) is 10.4. The smallest absolute Gasteiger partial charge is 0.258 e. The second-order valence-corrected chi connectivity index (χ2v) is 8.34. The van der Waals surface area contributed by atoms with Crippen LogP contribution in [0.1, 0.15) is 41.8 Å². The first-order valence-electron chi connectivity index (χ1n) is 10.4. The number of aliphatic hydroxyl groups is 1. The van der Waals surface area contributed by atoms with Crippen LogP contribution in [0.5, 0.6) is 5.75 Å². The van der Waals surface area contributed by atoms with Crippen molar-refractivity contribution in [3.05, 3.63) is 41.6 Å². The van der Waals surface area contributed by atoms with Crippen molar-refractivity contribution in [2.75, 3.05) is 37.0 Å². The summed E-state index contributed by atoms with van der Waals surface area (Å²) in [5, 5.41) is 13.1. The number of H-pyrrole nitrogens is 1. The van der Waals surface area contributed by atoms with Gasteiger partial charge in [0.25, 0.3) is 5.91 Å². The number of hydrogen-bond donors (Lipinski definition) is 3. The molecule has 4 heterocycles. The van der Waals surface area contributed by atoms with Crippen molar-refractivity contribution >= 4 is 28.7 Å². The van der Waals surface area contributed by atoms with Gasteiger partial charge in [-0.25, -0.2) is 9.97 Å². The predicted molar refractivity (Wildman–Crippen MR) is 116 cm³/mol. The molecule has 0 radical (unpaired) electrons. The molecular formula is C22H25N5O4. The third kappa shape index (κ3) is 3.70. The third-order valence-electron chi connectivity index (χ3n) is 5.92. The summed E-state index contributed by atoms with van der Waals surface area (Å²) >= 11 is 0. The number of methoxy groups -OCH3 is 1. The van der Waals surface area contributed by atoms with E-state index in [4.69, 9.17) is 9.47 Å². The van der Waals surface area contributed by atoms with E-state index in [9.17, 15) is 9.90 Å². The van der Waals surface area contributed by atoms with E-state index in [1.807, 2.05) is 24.0 Å². The number of nitrogens with one attached hydrogen (secondary N) is 2. The maximum Gasteiger partial charge on any atom is 0.258 e. The molecule has 2 aromatic heterocycles. The maximum atomic E-state index is 12.9. The van der Waals surface area contributed by atoms with Gasteiger partial charge >= 0.3 is 0 Å². The number of imidazole rings is 1. The topological polar surface area (TPSA) is 113 Å². The van der Waals surface area contributed by atoms with Gasteiger partial charge in [0.2, 0.25) is 5.95 Å². The number of fused-ring (bicyclic) bond motifs is 1. The number of nitrogens with zero attached hydrogens (tertiary/aromatic N) is 3. The molecule has 31 heavy (non-hydrogen) atoms. The number of β-amino-alcohol motifs (C(OH)–C–C–N with tert-alkyl or cyclic N) is 1. The molecule has 3 N–H and O–H groups in total. The van der Waals surface area contributed by atoms with E-state index in [1.54, 1.807) is 25.4 Å². The summed E-state index contributed by atoms with van der Waals surface area (Å²) in [6.07, 6.45) is 3.23. The molecule has 0 aliphatic carbocycles. The van der Waals surface area contributed by atoms with Crippen LogP contribution in [0.2, 0.25) is 0 Å². The number of aromatic nitrogens is 3. The highest BCUT2D eigenvalue weighted by Gasteiger charge is 2.32. The Hall–Kier alpha value is -3.17.